The topological polar surface area (TPSA) is 126 Å². The Bertz CT molecular complexity index is 876. The number of rotatable bonds is 4. The quantitative estimate of drug-likeness (QED) is 0.485. The van der Waals surface area contributed by atoms with Crippen LogP contribution in [0.3, 0.4) is 0 Å². The lowest BCUT2D eigenvalue weighted by molar-refractivity contribution is -0.384. The molecule has 0 saturated carbocycles. The number of aliphatic hydroxyl groups is 2. The zero-order chi connectivity index (χ0) is 18.2. The molecule has 2 aromatic carbocycles. The van der Waals surface area contributed by atoms with Gasteiger partial charge in [0.1, 0.15) is 11.5 Å². The molecule has 2 aromatic rings. The highest BCUT2D eigenvalue weighted by Crippen LogP contribution is 2.30. The maximum Gasteiger partial charge on any atom is 0.314 e. The summed E-state index contributed by atoms with van der Waals surface area (Å²) < 4.78 is 5.02. The number of nitro benzene ring substituents is 1. The van der Waals surface area contributed by atoms with Crippen LogP contribution in [0.4, 0.5) is 11.4 Å². The molecule has 1 aliphatic rings. The molecule has 0 fully saturated rings. The number of nitrogens with zero attached hydrogens (tertiary/aromatic N) is 3. The van der Waals surface area contributed by atoms with Crippen LogP contribution in [0, 0.1) is 10.1 Å². The summed E-state index contributed by atoms with van der Waals surface area (Å²) in [5.41, 5.74) is -0.300. The number of hydrazone groups is 1. The first-order valence-corrected chi connectivity index (χ1v) is 7.12. The highest BCUT2D eigenvalue weighted by molar-refractivity contribution is 6.26. The van der Waals surface area contributed by atoms with Crippen LogP contribution in [0.25, 0.3) is 0 Å². The first-order chi connectivity index (χ1) is 11.8. The first-order valence-electron chi connectivity index (χ1n) is 7.12. The second-order valence-corrected chi connectivity index (χ2v) is 5.24. The number of anilines is 1. The highest BCUT2D eigenvalue weighted by Gasteiger charge is 2.50. The Labute approximate surface area is 141 Å². The van der Waals surface area contributed by atoms with E-state index < -0.39 is 22.3 Å². The van der Waals surface area contributed by atoms with Gasteiger partial charge in [0.25, 0.3) is 11.5 Å². The van der Waals surface area contributed by atoms with Crippen molar-refractivity contribution in [2.24, 2.45) is 5.10 Å². The van der Waals surface area contributed by atoms with Crippen molar-refractivity contribution < 1.29 is 24.7 Å². The van der Waals surface area contributed by atoms with Gasteiger partial charge in [-0.15, -0.1) is 0 Å². The van der Waals surface area contributed by atoms with Crippen molar-refractivity contribution in [1.29, 1.82) is 0 Å². The van der Waals surface area contributed by atoms with Crippen molar-refractivity contribution in [1.82, 2.24) is 0 Å². The minimum atomic E-state index is -2.89. The number of nitro groups is 1. The van der Waals surface area contributed by atoms with Crippen LogP contribution in [0.5, 0.6) is 5.75 Å². The van der Waals surface area contributed by atoms with Crippen molar-refractivity contribution in [2.75, 3.05) is 12.1 Å². The summed E-state index contributed by atoms with van der Waals surface area (Å²) in [5.74, 6) is -3.42. The molecule has 0 aliphatic carbocycles. The molecule has 0 saturated heterocycles. The molecule has 1 amide bonds. The van der Waals surface area contributed by atoms with E-state index in [0.29, 0.717) is 11.4 Å². The molecule has 0 aromatic heterocycles. The predicted octanol–water partition coefficient (Wildman–Crippen LogP) is 1.04. The van der Waals surface area contributed by atoms with Crippen LogP contribution >= 0.6 is 0 Å². The van der Waals surface area contributed by atoms with E-state index in [0.717, 1.165) is 11.1 Å². The number of non-ortho nitro benzene ring substituents is 1. The number of methoxy groups -OCH3 is 1. The maximum atomic E-state index is 12.3. The molecular formula is C16H13N3O6. The molecule has 2 N–H and O–H groups in total. The van der Waals surface area contributed by atoms with Gasteiger partial charge in [-0.2, -0.15) is 10.1 Å². The molecule has 0 spiro atoms. The Morgan fingerprint density at radius 1 is 1.20 bits per heavy atom. The monoisotopic (exact) mass is 343 g/mol. The standard InChI is InChI=1S/C16H13N3O6/c1-25-13-7-5-11(6-8-13)18-15(20)16(21,22)14(17-18)10-3-2-4-12(9-10)19(23)24/h2-9,21-22H,1H3. The molecule has 25 heavy (non-hydrogen) atoms. The van der Waals surface area contributed by atoms with E-state index in [1.165, 1.54) is 37.4 Å². The molecule has 9 nitrogen and oxygen atoms in total. The largest absolute Gasteiger partial charge is 0.497 e. The number of carbonyl (C=O) groups is 1. The van der Waals surface area contributed by atoms with Gasteiger partial charge in [0, 0.05) is 17.7 Å². The lowest BCUT2D eigenvalue weighted by atomic mass is 10.0. The van der Waals surface area contributed by atoms with Crippen LogP contribution in [0.1, 0.15) is 5.56 Å². The molecule has 0 unspecified atom stereocenters. The van der Waals surface area contributed by atoms with Gasteiger partial charge in [0.05, 0.1) is 17.7 Å². The molecule has 1 heterocycles. The van der Waals surface area contributed by atoms with Gasteiger partial charge in [0.15, 0.2) is 0 Å². The van der Waals surface area contributed by atoms with Crippen molar-refractivity contribution in [3.63, 3.8) is 0 Å². The van der Waals surface area contributed by atoms with Crippen molar-refractivity contribution >= 4 is 23.0 Å². The summed E-state index contributed by atoms with van der Waals surface area (Å²) in [7, 11) is 1.49. The summed E-state index contributed by atoms with van der Waals surface area (Å²) in [6.07, 6.45) is 0. The number of hydrogen-bond donors (Lipinski definition) is 2. The second kappa shape index (κ2) is 5.96. The van der Waals surface area contributed by atoms with E-state index in [1.807, 2.05) is 0 Å². The summed E-state index contributed by atoms with van der Waals surface area (Å²) >= 11 is 0. The van der Waals surface area contributed by atoms with E-state index >= 15 is 0 Å². The fourth-order valence-electron chi connectivity index (χ4n) is 2.39. The summed E-state index contributed by atoms with van der Waals surface area (Å²) in [4.78, 5) is 22.6. The van der Waals surface area contributed by atoms with Gasteiger partial charge in [-0.25, -0.2) is 0 Å². The highest BCUT2D eigenvalue weighted by atomic mass is 16.6. The average Bonchev–Trinajstić information content (AvgIpc) is 2.85. The Balaban J connectivity index is 2.04. The zero-order valence-electron chi connectivity index (χ0n) is 13.0. The molecule has 0 radical (unpaired) electrons. The Morgan fingerprint density at radius 3 is 2.48 bits per heavy atom. The van der Waals surface area contributed by atoms with E-state index in [-0.39, 0.29) is 11.3 Å². The van der Waals surface area contributed by atoms with Crippen molar-refractivity contribution in [3.8, 4) is 5.75 Å². The lowest BCUT2D eigenvalue weighted by Crippen LogP contribution is -2.46. The third-order valence-corrected chi connectivity index (χ3v) is 3.67. The third kappa shape index (κ3) is 2.82. The Hall–Kier alpha value is -3.30. The Kier molecular flexibility index (Phi) is 3.95. The van der Waals surface area contributed by atoms with Gasteiger partial charge in [-0.05, 0) is 24.3 Å². The minimum absolute atomic E-state index is 0.0589. The molecule has 128 valence electrons. The van der Waals surface area contributed by atoms with Crippen molar-refractivity contribution in [3.05, 3.63) is 64.2 Å². The third-order valence-electron chi connectivity index (χ3n) is 3.67. The molecule has 0 atom stereocenters. The fraction of sp³-hybridized carbons (Fsp3) is 0.125. The van der Waals surface area contributed by atoms with E-state index in [4.69, 9.17) is 4.74 Å². The van der Waals surface area contributed by atoms with Gasteiger partial charge in [-0.3, -0.25) is 14.9 Å². The first kappa shape index (κ1) is 16.6. The van der Waals surface area contributed by atoms with Crippen LogP contribution in [-0.4, -0.2) is 39.7 Å². The maximum absolute atomic E-state index is 12.3. The number of hydrogen-bond acceptors (Lipinski definition) is 7. The summed E-state index contributed by atoms with van der Waals surface area (Å²) in [6, 6.07) is 11.3. The van der Waals surface area contributed by atoms with E-state index in [2.05, 4.69) is 5.10 Å². The van der Waals surface area contributed by atoms with Gasteiger partial charge < -0.3 is 14.9 Å². The minimum Gasteiger partial charge on any atom is -0.497 e. The van der Waals surface area contributed by atoms with Crippen LogP contribution in [-0.2, 0) is 4.79 Å². The molecular weight excluding hydrogens is 330 g/mol. The second-order valence-electron chi connectivity index (χ2n) is 5.24. The van der Waals surface area contributed by atoms with Crippen molar-refractivity contribution in [2.45, 2.75) is 5.79 Å². The summed E-state index contributed by atoms with van der Waals surface area (Å²) in [6.45, 7) is 0. The smallest absolute Gasteiger partial charge is 0.314 e. The zero-order valence-corrected chi connectivity index (χ0v) is 13.0. The number of carbonyl (C=O) groups excluding carboxylic acids is 1. The van der Waals surface area contributed by atoms with E-state index in [9.17, 15) is 25.1 Å². The van der Waals surface area contributed by atoms with Crippen LogP contribution in [0.2, 0.25) is 0 Å². The van der Waals surface area contributed by atoms with Gasteiger partial charge in [0.2, 0.25) is 0 Å². The number of amides is 1. The lowest BCUT2D eigenvalue weighted by Gasteiger charge is -2.17. The van der Waals surface area contributed by atoms with Crippen LogP contribution in [0.15, 0.2) is 53.6 Å². The van der Waals surface area contributed by atoms with Gasteiger partial charge >= 0.3 is 5.91 Å². The van der Waals surface area contributed by atoms with Crippen LogP contribution < -0.4 is 9.75 Å². The predicted molar refractivity (Wildman–Crippen MR) is 87.3 cm³/mol. The fourth-order valence-corrected chi connectivity index (χ4v) is 2.39. The SMILES string of the molecule is COc1ccc(N2N=C(c3cccc([N+](=O)[O-])c3)C(O)(O)C2=O)cc1. The molecule has 1 aliphatic heterocycles. The molecule has 3 rings (SSSR count). The summed E-state index contributed by atoms with van der Waals surface area (Å²) in [5, 5.41) is 36.0. The average molecular weight is 343 g/mol. The molecule has 9 heteroatoms. The number of benzene rings is 2. The normalized spacial score (nSPS) is 15.9. The molecule has 0 bridgehead atoms. The van der Waals surface area contributed by atoms with E-state index in [1.54, 1.807) is 12.1 Å². The number of ether oxygens (including phenoxy) is 1. The Morgan fingerprint density at radius 2 is 1.88 bits per heavy atom. The van der Waals surface area contributed by atoms with Gasteiger partial charge in [-0.1, -0.05) is 12.1 Å².